The van der Waals surface area contributed by atoms with E-state index in [1.807, 2.05) is 6.07 Å². The van der Waals surface area contributed by atoms with Crippen molar-refractivity contribution in [2.24, 2.45) is 0 Å². The Balaban J connectivity index is 1.59. The zero-order valence-electron chi connectivity index (χ0n) is 22.4. The maximum Gasteiger partial charge on any atom is 0.163 e. The molecule has 39 heavy (non-hydrogen) atoms. The van der Waals surface area contributed by atoms with E-state index in [0.717, 1.165) is 29.7 Å². The monoisotopic (exact) mass is 505 g/mol. The van der Waals surface area contributed by atoms with E-state index in [9.17, 15) is 4.79 Å². The van der Waals surface area contributed by atoms with Gasteiger partial charge in [0.25, 0.3) is 0 Å². The summed E-state index contributed by atoms with van der Waals surface area (Å²) in [5.41, 5.74) is 12.5. The second-order valence-electron chi connectivity index (χ2n) is 11.0. The number of rotatable bonds is 3. The van der Waals surface area contributed by atoms with Gasteiger partial charge in [0.2, 0.25) is 0 Å². The number of carbonyl (C=O) groups excluding carboxylic acids is 1. The highest BCUT2D eigenvalue weighted by Crippen LogP contribution is 2.58. The third kappa shape index (κ3) is 3.59. The minimum Gasteiger partial charge on any atom is -0.310 e. The summed E-state index contributed by atoms with van der Waals surface area (Å²) in [5.74, 6) is 0.265. The van der Waals surface area contributed by atoms with Gasteiger partial charge in [-0.05, 0) is 84.8 Å². The average molecular weight is 506 g/mol. The van der Waals surface area contributed by atoms with Gasteiger partial charge in [-0.15, -0.1) is 0 Å². The van der Waals surface area contributed by atoms with Crippen LogP contribution in [0.15, 0.2) is 115 Å². The number of fused-ring (bicyclic) bond motifs is 3. The molecular formula is C37H31NO. The number of nitrogens with zero attached hydrogens (tertiary/aromatic N) is 1. The number of hydrogen-bond donors (Lipinski definition) is 0. The molecule has 0 bridgehead atoms. The Morgan fingerprint density at radius 1 is 0.615 bits per heavy atom. The smallest absolute Gasteiger partial charge is 0.163 e. The van der Waals surface area contributed by atoms with Crippen LogP contribution in [-0.2, 0) is 11.8 Å². The van der Waals surface area contributed by atoms with Gasteiger partial charge >= 0.3 is 0 Å². The largest absolute Gasteiger partial charge is 0.310 e. The Hall–Kier alpha value is -4.43. The molecule has 0 N–H and O–H groups in total. The lowest BCUT2D eigenvalue weighted by atomic mass is 9.62. The molecule has 0 unspecified atom stereocenters. The van der Waals surface area contributed by atoms with Crippen LogP contribution in [0.4, 0.5) is 17.1 Å². The second kappa shape index (κ2) is 9.10. The molecule has 0 spiro atoms. The standard InChI is InChI=1S/C37H31NO/c1-25-16-20-34-32(22-25)37(28-11-5-3-6-12-28,29-13-7-4-8-14-29)33-23-26(2)17-21-35(33)38(34)30-18-19-31-27(24-30)10-9-15-36(31)39/h3-8,11-14,16-24H,9-10,15H2,1-2H3. The fourth-order valence-electron chi connectivity index (χ4n) is 6.78. The average Bonchev–Trinajstić information content (AvgIpc) is 2.97. The summed E-state index contributed by atoms with van der Waals surface area (Å²) in [7, 11) is 0. The highest BCUT2D eigenvalue weighted by molar-refractivity contribution is 5.99. The lowest BCUT2D eigenvalue weighted by molar-refractivity contribution is 0.0972. The van der Waals surface area contributed by atoms with Crippen LogP contribution in [-0.4, -0.2) is 5.78 Å². The van der Waals surface area contributed by atoms with Gasteiger partial charge in [-0.1, -0.05) is 96.1 Å². The van der Waals surface area contributed by atoms with Crippen LogP contribution >= 0.6 is 0 Å². The van der Waals surface area contributed by atoms with E-state index in [1.54, 1.807) is 0 Å². The van der Waals surface area contributed by atoms with E-state index in [-0.39, 0.29) is 5.78 Å². The molecule has 190 valence electrons. The molecule has 0 radical (unpaired) electrons. The SMILES string of the molecule is Cc1ccc2c(c1)C(c1ccccc1)(c1ccccc1)c1cc(C)ccc1N2c1ccc2c(c1)CCCC2=O. The van der Waals surface area contributed by atoms with Gasteiger partial charge in [0.15, 0.2) is 5.78 Å². The number of aryl methyl sites for hydroxylation is 3. The van der Waals surface area contributed by atoms with Gasteiger partial charge in [-0.2, -0.15) is 0 Å². The molecule has 2 aliphatic rings. The van der Waals surface area contributed by atoms with Gasteiger partial charge < -0.3 is 4.90 Å². The zero-order chi connectivity index (χ0) is 26.6. The first-order chi connectivity index (χ1) is 19.1. The normalized spacial score (nSPS) is 15.3. The maximum atomic E-state index is 12.6. The first-order valence-electron chi connectivity index (χ1n) is 13.9. The number of anilines is 3. The van der Waals surface area contributed by atoms with Crippen molar-refractivity contribution in [3.8, 4) is 0 Å². The first-order valence-corrected chi connectivity index (χ1v) is 13.9. The zero-order valence-corrected chi connectivity index (χ0v) is 22.4. The highest BCUT2D eigenvalue weighted by atomic mass is 16.1. The Bertz CT molecular complexity index is 1620. The van der Waals surface area contributed by atoms with Gasteiger partial charge in [0.05, 0.1) is 16.8 Å². The lowest BCUT2D eigenvalue weighted by Gasteiger charge is -2.47. The molecule has 0 atom stereocenters. The van der Waals surface area contributed by atoms with E-state index in [1.165, 1.54) is 44.8 Å². The van der Waals surface area contributed by atoms with Crippen molar-refractivity contribution < 1.29 is 4.79 Å². The Morgan fingerprint density at radius 3 is 1.74 bits per heavy atom. The van der Waals surface area contributed by atoms with Gasteiger partial charge in [-0.25, -0.2) is 0 Å². The summed E-state index contributed by atoms with van der Waals surface area (Å²) in [6.07, 6.45) is 2.52. The number of Topliss-reactive ketones (excluding diaryl/α,β-unsaturated/α-hetero) is 1. The third-order valence-electron chi connectivity index (χ3n) is 8.50. The Morgan fingerprint density at radius 2 is 1.18 bits per heavy atom. The molecule has 0 aromatic heterocycles. The third-order valence-corrected chi connectivity index (χ3v) is 8.50. The minimum atomic E-state index is -0.480. The second-order valence-corrected chi connectivity index (χ2v) is 11.0. The molecule has 5 aromatic rings. The van der Waals surface area contributed by atoms with E-state index in [0.29, 0.717) is 6.42 Å². The van der Waals surface area contributed by atoms with Crippen molar-refractivity contribution >= 4 is 22.8 Å². The van der Waals surface area contributed by atoms with E-state index >= 15 is 0 Å². The number of benzene rings is 5. The van der Waals surface area contributed by atoms with Gasteiger partial charge in [0, 0.05) is 17.7 Å². The van der Waals surface area contributed by atoms with Crippen molar-refractivity contribution in [2.75, 3.05) is 4.90 Å². The Kier molecular flexibility index (Phi) is 5.52. The van der Waals surface area contributed by atoms with Crippen LogP contribution in [0.25, 0.3) is 0 Å². The molecule has 0 saturated carbocycles. The molecule has 0 fully saturated rings. The molecule has 1 aliphatic carbocycles. The van der Waals surface area contributed by atoms with Crippen LogP contribution in [0.5, 0.6) is 0 Å². The van der Waals surface area contributed by atoms with E-state index in [2.05, 4.69) is 128 Å². The van der Waals surface area contributed by atoms with Crippen LogP contribution < -0.4 is 4.90 Å². The van der Waals surface area contributed by atoms with Crippen molar-refractivity contribution in [2.45, 2.75) is 38.5 Å². The molecule has 0 amide bonds. The quantitative estimate of drug-likeness (QED) is 0.239. The summed E-state index contributed by atoms with van der Waals surface area (Å²) >= 11 is 0. The molecule has 2 heteroatoms. The fourth-order valence-corrected chi connectivity index (χ4v) is 6.78. The molecule has 7 rings (SSSR count). The predicted molar refractivity (Wildman–Crippen MR) is 160 cm³/mol. The molecule has 1 heterocycles. The van der Waals surface area contributed by atoms with Gasteiger partial charge in [0.1, 0.15) is 0 Å². The molecule has 0 saturated heterocycles. The van der Waals surface area contributed by atoms with Gasteiger partial charge in [-0.3, -0.25) is 4.79 Å². The highest BCUT2D eigenvalue weighted by Gasteiger charge is 2.46. The van der Waals surface area contributed by atoms with Crippen molar-refractivity contribution in [3.05, 3.63) is 160 Å². The first kappa shape index (κ1) is 23.7. The van der Waals surface area contributed by atoms with Crippen LogP contribution in [0.3, 0.4) is 0 Å². The molecule has 2 nitrogen and oxygen atoms in total. The summed E-state index contributed by atoms with van der Waals surface area (Å²) in [5, 5.41) is 0. The van der Waals surface area contributed by atoms with Crippen molar-refractivity contribution in [3.63, 3.8) is 0 Å². The molecule has 1 aliphatic heterocycles. The number of hydrogen-bond acceptors (Lipinski definition) is 2. The molecule has 5 aromatic carbocycles. The van der Waals surface area contributed by atoms with E-state index in [4.69, 9.17) is 0 Å². The van der Waals surface area contributed by atoms with Crippen molar-refractivity contribution in [1.29, 1.82) is 0 Å². The van der Waals surface area contributed by atoms with Crippen molar-refractivity contribution in [1.82, 2.24) is 0 Å². The lowest BCUT2D eigenvalue weighted by Crippen LogP contribution is -2.38. The summed E-state index contributed by atoms with van der Waals surface area (Å²) in [4.78, 5) is 15.0. The van der Waals surface area contributed by atoms with Crippen LogP contribution in [0.2, 0.25) is 0 Å². The Labute approximate surface area is 230 Å². The van der Waals surface area contributed by atoms with Crippen LogP contribution in [0, 0.1) is 13.8 Å². The molecular weight excluding hydrogens is 474 g/mol. The fraction of sp³-hybridized carbons (Fsp3) is 0.162. The number of carbonyl (C=O) groups is 1. The van der Waals surface area contributed by atoms with E-state index < -0.39 is 5.41 Å². The predicted octanol–water partition coefficient (Wildman–Crippen LogP) is 8.99. The summed E-state index contributed by atoms with van der Waals surface area (Å²) in [6, 6.07) is 42.0. The maximum absolute atomic E-state index is 12.6. The number of ketones is 1. The van der Waals surface area contributed by atoms with Crippen LogP contribution in [0.1, 0.15) is 62.1 Å². The summed E-state index contributed by atoms with van der Waals surface area (Å²) < 4.78 is 0. The summed E-state index contributed by atoms with van der Waals surface area (Å²) in [6.45, 7) is 4.36. The topological polar surface area (TPSA) is 20.3 Å². The minimum absolute atomic E-state index is 0.265.